The van der Waals surface area contributed by atoms with Crippen LogP contribution in [-0.4, -0.2) is 36.4 Å². The van der Waals surface area contributed by atoms with Crippen LogP contribution in [0.25, 0.3) is 0 Å². The Hall–Kier alpha value is -2.04. The van der Waals surface area contributed by atoms with E-state index < -0.39 is 6.04 Å². The number of carbonyl (C=O) groups is 2. The third-order valence-electron chi connectivity index (χ3n) is 3.31. The van der Waals surface area contributed by atoms with Crippen molar-refractivity contribution in [2.75, 3.05) is 13.7 Å². The van der Waals surface area contributed by atoms with E-state index in [0.717, 1.165) is 17.7 Å². The average molecular weight is 292 g/mol. The number of rotatable bonds is 7. The summed E-state index contributed by atoms with van der Waals surface area (Å²) in [6.07, 6.45) is 0.872. The van der Waals surface area contributed by atoms with Gasteiger partial charge in [-0.05, 0) is 31.0 Å². The predicted octanol–water partition coefficient (Wildman–Crippen LogP) is 1.96. The lowest BCUT2D eigenvalue weighted by Crippen LogP contribution is -2.47. The van der Waals surface area contributed by atoms with E-state index in [0.29, 0.717) is 13.1 Å². The number of hydrogen-bond donors (Lipinski definition) is 1. The first kappa shape index (κ1) is 17.0. The van der Waals surface area contributed by atoms with Gasteiger partial charge in [-0.1, -0.05) is 19.1 Å². The topological polar surface area (TPSA) is 58.6 Å². The summed E-state index contributed by atoms with van der Waals surface area (Å²) in [7, 11) is 1.61. The number of methoxy groups -OCH3 is 1. The molecule has 0 saturated heterocycles. The van der Waals surface area contributed by atoms with Crippen molar-refractivity contribution >= 4 is 11.8 Å². The third-order valence-corrected chi connectivity index (χ3v) is 3.31. The van der Waals surface area contributed by atoms with Crippen molar-refractivity contribution in [1.29, 1.82) is 0 Å². The molecule has 0 radical (unpaired) electrons. The molecule has 116 valence electrons. The maximum absolute atomic E-state index is 12.0. The third kappa shape index (κ3) is 5.10. The van der Waals surface area contributed by atoms with E-state index in [-0.39, 0.29) is 11.8 Å². The molecule has 0 aliphatic carbocycles. The van der Waals surface area contributed by atoms with Gasteiger partial charge in [-0.3, -0.25) is 9.59 Å². The van der Waals surface area contributed by atoms with E-state index in [1.54, 1.807) is 18.9 Å². The minimum absolute atomic E-state index is 0.120. The lowest BCUT2D eigenvalue weighted by atomic mass is 10.1. The van der Waals surface area contributed by atoms with Gasteiger partial charge in [0.1, 0.15) is 11.8 Å². The van der Waals surface area contributed by atoms with E-state index in [1.165, 1.54) is 6.92 Å². The first-order chi connectivity index (χ1) is 9.99. The normalized spacial score (nSPS) is 11.6. The van der Waals surface area contributed by atoms with Gasteiger partial charge in [-0.15, -0.1) is 0 Å². The zero-order valence-corrected chi connectivity index (χ0v) is 13.2. The molecule has 1 atom stereocenters. The van der Waals surface area contributed by atoms with Gasteiger partial charge in [-0.25, -0.2) is 0 Å². The maximum atomic E-state index is 12.0. The summed E-state index contributed by atoms with van der Waals surface area (Å²) >= 11 is 0. The van der Waals surface area contributed by atoms with Crippen LogP contribution >= 0.6 is 0 Å². The Morgan fingerprint density at radius 2 is 1.90 bits per heavy atom. The summed E-state index contributed by atoms with van der Waals surface area (Å²) < 4.78 is 5.11. The number of carbonyl (C=O) groups excluding carboxylic acids is 2. The number of nitrogens with zero attached hydrogens (tertiary/aromatic N) is 1. The molecule has 1 aromatic carbocycles. The standard InChI is InChI=1S/C16H24N2O3/c1-5-10-17-16(20)12(2)18(13(3)19)11-14-6-8-15(21-4)9-7-14/h6-9,12H,5,10-11H2,1-4H3,(H,17,20). The Kier molecular flexibility index (Phi) is 6.72. The van der Waals surface area contributed by atoms with E-state index >= 15 is 0 Å². The van der Waals surface area contributed by atoms with Gasteiger partial charge in [0.25, 0.3) is 0 Å². The number of nitrogens with one attached hydrogen (secondary N) is 1. The fraction of sp³-hybridized carbons (Fsp3) is 0.500. The van der Waals surface area contributed by atoms with E-state index in [2.05, 4.69) is 5.32 Å². The molecular formula is C16H24N2O3. The molecular weight excluding hydrogens is 268 g/mol. The summed E-state index contributed by atoms with van der Waals surface area (Å²) in [6, 6.07) is 6.98. The Labute approximate surface area is 126 Å². The van der Waals surface area contributed by atoms with Crippen LogP contribution in [0.15, 0.2) is 24.3 Å². The van der Waals surface area contributed by atoms with E-state index in [4.69, 9.17) is 4.74 Å². The van der Waals surface area contributed by atoms with Crippen molar-refractivity contribution in [3.05, 3.63) is 29.8 Å². The molecule has 0 spiro atoms. The Bertz CT molecular complexity index is 471. The monoisotopic (exact) mass is 292 g/mol. The summed E-state index contributed by atoms with van der Waals surface area (Å²) in [5.74, 6) is 0.521. The van der Waals surface area contributed by atoms with E-state index in [9.17, 15) is 9.59 Å². The molecule has 1 rings (SSSR count). The Morgan fingerprint density at radius 3 is 2.38 bits per heavy atom. The summed E-state index contributed by atoms with van der Waals surface area (Å²) in [4.78, 5) is 25.4. The fourth-order valence-electron chi connectivity index (χ4n) is 1.99. The number of benzene rings is 1. The average Bonchev–Trinajstić information content (AvgIpc) is 2.49. The molecule has 21 heavy (non-hydrogen) atoms. The van der Waals surface area contributed by atoms with Gasteiger partial charge in [0.05, 0.1) is 7.11 Å². The molecule has 0 fully saturated rings. The highest BCUT2D eigenvalue weighted by molar-refractivity contribution is 5.86. The van der Waals surface area contributed by atoms with Crippen LogP contribution < -0.4 is 10.1 Å². The first-order valence-corrected chi connectivity index (χ1v) is 7.17. The zero-order valence-electron chi connectivity index (χ0n) is 13.2. The SMILES string of the molecule is CCCNC(=O)C(C)N(Cc1ccc(OC)cc1)C(C)=O. The summed E-state index contributed by atoms with van der Waals surface area (Å²) in [5, 5.41) is 2.82. The molecule has 1 N–H and O–H groups in total. The van der Waals surface area contributed by atoms with Gasteiger partial charge >= 0.3 is 0 Å². The van der Waals surface area contributed by atoms with Crippen molar-refractivity contribution in [2.24, 2.45) is 0 Å². The second-order valence-electron chi connectivity index (χ2n) is 4.96. The van der Waals surface area contributed by atoms with Crippen LogP contribution in [0.4, 0.5) is 0 Å². The Morgan fingerprint density at radius 1 is 1.29 bits per heavy atom. The highest BCUT2D eigenvalue weighted by atomic mass is 16.5. The number of hydrogen-bond acceptors (Lipinski definition) is 3. The van der Waals surface area contributed by atoms with Crippen LogP contribution in [0.2, 0.25) is 0 Å². The van der Waals surface area contributed by atoms with Crippen molar-refractivity contribution < 1.29 is 14.3 Å². The molecule has 1 aromatic rings. The first-order valence-electron chi connectivity index (χ1n) is 7.17. The van der Waals surface area contributed by atoms with Crippen LogP contribution in [-0.2, 0) is 16.1 Å². The molecule has 5 heteroatoms. The van der Waals surface area contributed by atoms with Crippen LogP contribution in [0.5, 0.6) is 5.75 Å². The van der Waals surface area contributed by atoms with Crippen molar-refractivity contribution in [1.82, 2.24) is 10.2 Å². The summed E-state index contributed by atoms with van der Waals surface area (Å²) in [6.45, 7) is 6.24. The van der Waals surface area contributed by atoms with Gasteiger partial charge in [0.15, 0.2) is 0 Å². The number of amides is 2. The minimum Gasteiger partial charge on any atom is -0.497 e. The fourth-order valence-corrected chi connectivity index (χ4v) is 1.99. The van der Waals surface area contributed by atoms with Crippen LogP contribution in [0, 0.1) is 0 Å². The molecule has 0 aliphatic rings. The number of ether oxygens (including phenoxy) is 1. The second-order valence-corrected chi connectivity index (χ2v) is 4.96. The lowest BCUT2D eigenvalue weighted by Gasteiger charge is -2.27. The maximum Gasteiger partial charge on any atom is 0.242 e. The highest BCUT2D eigenvalue weighted by Crippen LogP contribution is 2.14. The molecule has 1 unspecified atom stereocenters. The predicted molar refractivity (Wildman–Crippen MR) is 82.0 cm³/mol. The molecule has 0 heterocycles. The minimum atomic E-state index is -0.490. The van der Waals surface area contributed by atoms with Gasteiger partial charge in [0.2, 0.25) is 11.8 Å². The largest absolute Gasteiger partial charge is 0.497 e. The Balaban J connectivity index is 2.76. The molecule has 5 nitrogen and oxygen atoms in total. The summed E-state index contributed by atoms with van der Waals surface area (Å²) in [5.41, 5.74) is 0.959. The molecule has 0 saturated carbocycles. The van der Waals surface area contributed by atoms with Crippen molar-refractivity contribution in [2.45, 2.75) is 39.8 Å². The van der Waals surface area contributed by atoms with Gasteiger partial charge in [-0.2, -0.15) is 0 Å². The van der Waals surface area contributed by atoms with Crippen LogP contribution in [0.3, 0.4) is 0 Å². The molecule has 0 aromatic heterocycles. The van der Waals surface area contributed by atoms with Gasteiger partial charge < -0.3 is 15.0 Å². The quantitative estimate of drug-likeness (QED) is 0.835. The van der Waals surface area contributed by atoms with Crippen LogP contribution in [0.1, 0.15) is 32.8 Å². The van der Waals surface area contributed by atoms with Crippen molar-refractivity contribution in [3.8, 4) is 5.75 Å². The highest BCUT2D eigenvalue weighted by Gasteiger charge is 2.23. The molecule has 2 amide bonds. The zero-order chi connectivity index (χ0) is 15.8. The smallest absolute Gasteiger partial charge is 0.242 e. The molecule has 0 bridgehead atoms. The van der Waals surface area contributed by atoms with E-state index in [1.807, 2.05) is 31.2 Å². The second kappa shape index (κ2) is 8.29. The molecule has 0 aliphatic heterocycles. The van der Waals surface area contributed by atoms with Crippen molar-refractivity contribution in [3.63, 3.8) is 0 Å². The lowest BCUT2D eigenvalue weighted by molar-refractivity contribution is -0.138. The van der Waals surface area contributed by atoms with Gasteiger partial charge in [0, 0.05) is 20.0 Å².